The molecule has 7 heteroatoms. The molecule has 1 amide bonds. The van der Waals surface area contributed by atoms with E-state index in [4.69, 9.17) is 14.5 Å². The molecule has 3 heterocycles. The lowest BCUT2D eigenvalue weighted by atomic mass is 10.0. The maximum Gasteiger partial charge on any atom is 0.263 e. The Labute approximate surface area is 234 Å². The second kappa shape index (κ2) is 11.5. The highest BCUT2D eigenvalue weighted by atomic mass is 16.5. The van der Waals surface area contributed by atoms with E-state index in [0.29, 0.717) is 25.3 Å². The van der Waals surface area contributed by atoms with Crippen molar-refractivity contribution in [3.05, 3.63) is 83.7 Å². The summed E-state index contributed by atoms with van der Waals surface area (Å²) in [5.41, 5.74) is 4.24. The molecule has 0 spiro atoms. The van der Waals surface area contributed by atoms with Crippen LogP contribution in [0.5, 0.6) is 0 Å². The van der Waals surface area contributed by atoms with Gasteiger partial charge in [-0.3, -0.25) is 4.79 Å². The number of carbonyl (C=O) groups is 1. The molecule has 1 fully saturated rings. The second-order valence-corrected chi connectivity index (χ2v) is 10.5. The smallest absolute Gasteiger partial charge is 0.263 e. The molecule has 7 nitrogen and oxygen atoms in total. The summed E-state index contributed by atoms with van der Waals surface area (Å²) in [5, 5.41) is 7.67. The Morgan fingerprint density at radius 3 is 2.52 bits per heavy atom. The van der Waals surface area contributed by atoms with E-state index in [1.807, 2.05) is 41.3 Å². The van der Waals surface area contributed by atoms with Gasteiger partial charge in [0.15, 0.2) is 0 Å². The number of rotatable bonds is 7. The third kappa shape index (κ3) is 5.16. The van der Waals surface area contributed by atoms with Gasteiger partial charge in [0.1, 0.15) is 22.7 Å². The largest absolute Gasteiger partial charge is 0.354 e. The highest BCUT2D eigenvalue weighted by Crippen LogP contribution is 2.35. The quantitative estimate of drug-likeness (QED) is 0.232. The van der Waals surface area contributed by atoms with Crippen LogP contribution >= 0.6 is 0 Å². The number of hydrogen-bond donors (Lipinski definition) is 0. The van der Waals surface area contributed by atoms with Crippen LogP contribution in [-0.2, 0) is 12.8 Å². The molecule has 5 aromatic rings. The van der Waals surface area contributed by atoms with Crippen LogP contribution in [0.2, 0.25) is 0 Å². The standard InChI is InChI=1S/C33H35N5O2/c1-3-5-11-28-34-31(37-18-8-19-38(21-20-37)33(39)25-14-12-23(4-2)13-15-25)29-30(36-40-32(29)35-28)27-17-16-24-9-6-7-10-26(24)22-27/h6-7,9-10,12-17,22H,3-5,8,11,18-21H2,1-2H3. The number of amides is 1. The van der Waals surface area contributed by atoms with E-state index in [9.17, 15) is 4.79 Å². The van der Waals surface area contributed by atoms with Gasteiger partial charge in [-0.15, -0.1) is 0 Å². The summed E-state index contributed by atoms with van der Waals surface area (Å²) in [6, 6.07) is 22.7. The van der Waals surface area contributed by atoms with Crippen molar-refractivity contribution in [1.82, 2.24) is 20.0 Å². The summed E-state index contributed by atoms with van der Waals surface area (Å²) < 4.78 is 5.84. The first-order chi connectivity index (χ1) is 19.6. The van der Waals surface area contributed by atoms with E-state index in [2.05, 4.69) is 54.2 Å². The van der Waals surface area contributed by atoms with Gasteiger partial charge in [0, 0.05) is 43.7 Å². The summed E-state index contributed by atoms with van der Waals surface area (Å²) in [6.07, 6.45) is 4.68. The van der Waals surface area contributed by atoms with Gasteiger partial charge in [-0.1, -0.05) is 74.0 Å². The number of benzene rings is 3. The Bertz CT molecular complexity index is 1640. The first-order valence-electron chi connectivity index (χ1n) is 14.4. The van der Waals surface area contributed by atoms with E-state index in [0.717, 1.165) is 77.9 Å². The van der Waals surface area contributed by atoms with Crippen LogP contribution in [0.1, 0.15) is 54.9 Å². The Kier molecular flexibility index (Phi) is 7.45. The Morgan fingerprint density at radius 2 is 1.73 bits per heavy atom. The first-order valence-corrected chi connectivity index (χ1v) is 14.4. The summed E-state index contributed by atoms with van der Waals surface area (Å²) >= 11 is 0. The lowest BCUT2D eigenvalue weighted by molar-refractivity contribution is 0.0767. The average Bonchev–Trinajstić information content (AvgIpc) is 3.28. The summed E-state index contributed by atoms with van der Waals surface area (Å²) in [7, 11) is 0. The lowest BCUT2D eigenvalue weighted by Crippen LogP contribution is -2.35. The Hall–Kier alpha value is -4.26. The zero-order valence-electron chi connectivity index (χ0n) is 23.3. The monoisotopic (exact) mass is 533 g/mol. The van der Waals surface area contributed by atoms with Gasteiger partial charge in [0.25, 0.3) is 11.6 Å². The zero-order valence-corrected chi connectivity index (χ0v) is 23.3. The van der Waals surface area contributed by atoms with Crippen molar-refractivity contribution in [3.63, 3.8) is 0 Å². The van der Waals surface area contributed by atoms with Gasteiger partial charge in [-0.05, 0) is 53.8 Å². The Morgan fingerprint density at radius 1 is 0.900 bits per heavy atom. The van der Waals surface area contributed by atoms with Crippen LogP contribution in [0.25, 0.3) is 33.1 Å². The van der Waals surface area contributed by atoms with Crippen LogP contribution in [0.4, 0.5) is 5.82 Å². The van der Waals surface area contributed by atoms with E-state index in [1.54, 1.807) is 0 Å². The SMILES string of the molecule is CCCCc1nc(N2CCCN(C(=O)c3ccc(CC)cc3)CC2)c2c(-c3ccc4ccccc4c3)noc2n1. The molecule has 0 saturated carbocycles. The van der Waals surface area contributed by atoms with Crippen molar-refractivity contribution in [2.24, 2.45) is 0 Å². The fourth-order valence-electron chi connectivity index (χ4n) is 5.49. The highest BCUT2D eigenvalue weighted by Gasteiger charge is 2.26. The number of hydrogen-bond acceptors (Lipinski definition) is 6. The molecule has 0 bridgehead atoms. The Balaban J connectivity index is 1.34. The van der Waals surface area contributed by atoms with E-state index >= 15 is 0 Å². The van der Waals surface area contributed by atoms with Gasteiger partial charge in [0.2, 0.25) is 0 Å². The van der Waals surface area contributed by atoms with Crippen molar-refractivity contribution in [2.45, 2.75) is 46.0 Å². The molecule has 1 saturated heterocycles. The third-order valence-electron chi connectivity index (χ3n) is 7.83. The van der Waals surface area contributed by atoms with Crippen molar-refractivity contribution in [1.29, 1.82) is 0 Å². The molecule has 2 aromatic heterocycles. The van der Waals surface area contributed by atoms with Gasteiger partial charge in [0.05, 0.1) is 0 Å². The molecule has 0 N–H and O–H groups in total. The third-order valence-corrected chi connectivity index (χ3v) is 7.83. The fraction of sp³-hybridized carbons (Fsp3) is 0.333. The summed E-state index contributed by atoms with van der Waals surface area (Å²) in [4.78, 5) is 27.4. The molecule has 1 aliphatic heterocycles. The van der Waals surface area contributed by atoms with Crippen LogP contribution in [0, 0.1) is 0 Å². The minimum atomic E-state index is 0.0859. The lowest BCUT2D eigenvalue weighted by Gasteiger charge is -2.24. The first kappa shape index (κ1) is 26.0. The molecule has 0 atom stereocenters. The minimum Gasteiger partial charge on any atom is -0.354 e. The van der Waals surface area contributed by atoms with E-state index in [-0.39, 0.29) is 5.91 Å². The van der Waals surface area contributed by atoms with Crippen molar-refractivity contribution >= 4 is 33.6 Å². The molecule has 0 radical (unpaired) electrons. The summed E-state index contributed by atoms with van der Waals surface area (Å²) in [6.45, 7) is 7.10. The number of fused-ring (bicyclic) bond motifs is 2. The zero-order chi connectivity index (χ0) is 27.5. The number of aromatic nitrogens is 3. The summed E-state index contributed by atoms with van der Waals surface area (Å²) in [5.74, 6) is 1.71. The van der Waals surface area contributed by atoms with Crippen molar-refractivity contribution < 1.29 is 9.32 Å². The second-order valence-electron chi connectivity index (χ2n) is 10.5. The molecule has 204 valence electrons. The maximum atomic E-state index is 13.3. The van der Waals surface area contributed by atoms with Gasteiger partial charge < -0.3 is 14.3 Å². The minimum absolute atomic E-state index is 0.0859. The molecule has 0 aliphatic carbocycles. The van der Waals surface area contributed by atoms with Gasteiger partial charge in [-0.25, -0.2) is 4.98 Å². The van der Waals surface area contributed by atoms with Crippen LogP contribution < -0.4 is 4.90 Å². The maximum absolute atomic E-state index is 13.3. The van der Waals surface area contributed by atoms with Crippen LogP contribution in [0.3, 0.4) is 0 Å². The van der Waals surface area contributed by atoms with Gasteiger partial charge in [-0.2, -0.15) is 4.98 Å². The number of nitrogens with zero attached hydrogens (tertiary/aromatic N) is 5. The molecule has 40 heavy (non-hydrogen) atoms. The molecule has 1 aliphatic rings. The topological polar surface area (TPSA) is 75.4 Å². The molecule has 0 unspecified atom stereocenters. The highest BCUT2D eigenvalue weighted by molar-refractivity contribution is 6.00. The number of unbranched alkanes of at least 4 members (excludes halogenated alkanes) is 1. The molecular formula is C33H35N5O2. The number of anilines is 1. The predicted octanol–water partition coefficient (Wildman–Crippen LogP) is 6.70. The molecule has 6 rings (SSSR count). The van der Waals surface area contributed by atoms with Crippen LogP contribution in [0.15, 0.2) is 71.3 Å². The average molecular weight is 534 g/mol. The fourth-order valence-corrected chi connectivity index (χ4v) is 5.49. The number of aryl methyl sites for hydroxylation is 2. The van der Waals surface area contributed by atoms with E-state index < -0.39 is 0 Å². The van der Waals surface area contributed by atoms with Crippen LogP contribution in [-0.4, -0.2) is 52.1 Å². The number of carbonyl (C=O) groups excluding carboxylic acids is 1. The van der Waals surface area contributed by atoms with Crippen molar-refractivity contribution in [3.8, 4) is 11.3 Å². The molecular weight excluding hydrogens is 498 g/mol. The normalized spacial score (nSPS) is 14.2. The predicted molar refractivity (Wildman–Crippen MR) is 160 cm³/mol. The molecule has 3 aromatic carbocycles. The van der Waals surface area contributed by atoms with E-state index in [1.165, 1.54) is 10.9 Å². The van der Waals surface area contributed by atoms with Crippen molar-refractivity contribution in [2.75, 3.05) is 31.1 Å². The van der Waals surface area contributed by atoms with Gasteiger partial charge >= 0.3 is 0 Å².